The van der Waals surface area contributed by atoms with Crippen LogP contribution in [0, 0.1) is 6.07 Å². The molecule has 2 N–H and O–H groups in total. The normalized spacial score (nSPS) is 6.08. The first-order valence-corrected chi connectivity index (χ1v) is 2.82. The summed E-state index contributed by atoms with van der Waals surface area (Å²) >= 11 is 0. The van der Waals surface area contributed by atoms with Gasteiger partial charge in [-0.05, 0) is 13.0 Å². The molecule has 0 spiro atoms. The topological polar surface area (TPSA) is 73.6 Å². The third kappa shape index (κ3) is 22.6. The number of nitrogens with two attached hydrogens (primary N) is 1. The molecular formula is C8H10HgNO2. The Morgan fingerprint density at radius 1 is 1.25 bits per heavy atom. The van der Waals surface area contributed by atoms with Crippen molar-refractivity contribution in [3.05, 3.63) is 42.5 Å². The van der Waals surface area contributed by atoms with Crippen molar-refractivity contribution in [1.82, 2.24) is 0 Å². The van der Waals surface area contributed by atoms with Crippen molar-refractivity contribution in [2.75, 3.05) is 0 Å². The zero-order valence-corrected chi connectivity index (χ0v) is 12.5. The van der Waals surface area contributed by atoms with Crippen LogP contribution in [0.1, 0.15) is 6.92 Å². The van der Waals surface area contributed by atoms with Crippen molar-refractivity contribution < 1.29 is 37.6 Å². The van der Waals surface area contributed by atoms with Crippen molar-refractivity contribution in [2.45, 2.75) is 6.92 Å². The zero-order chi connectivity index (χ0) is 7.82. The maximum Gasteiger partial charge on any atom is 2.00 e. The third-order valence-electron chi connectivity index (χ3n) is 0.607. The van der Waals surface area contributed by atoms with E-state index < -0.39 is 5.97 Å². The molecular weight excluding hydrogens is 343 g/mol. The summed E-state index contributed by atoms with van der Waals surface area (Å²) in [6.07, 6.45) is 0. The Labute approximate surface area is 92.9 Å². The van der Waals surface area contributed by atoms with Crippen LogP contribution in [-0.2, 0) is 32.5 Å². The second kappa shape index (κ2) is 13.2. The summed E-state index contributed by atoms with van der Waals surface area (Å²) in [4.78, 5) is 8.89. The molecule has 1 radical (unpaired) electrons. The van der Waals surface area contributed by atoms with E-state index >= 15 is 0 Å². The molecule has 0 unspecified atom stereocenters. The predicted octanol–water partition coefficient (Wildman–Crippen LogP) is 0.958. The number of hydrogen-bond donors (Lipinski definition) is 0. The Hall–Kier alpha value is -0.415. The monoisotopic (exact) mass is 354 g/mol. The number of carbonyl (C=O) groups excluding carboxylic acids is 1. The molecule has 4 heteroatoms. The molecule has 1 aromatic rings. The summed E-state index contributed by atoms with van der Waals surface area (Å²) in [6.45, 7) is 0.972. The van der Waals surface area contributed by atoms with Crippen LogP contribution in [0.4, 0.5) is 0 Å². The maximum absolute atomic E-state index is 8.89. The number of carbonyl (C=O) groups is 1. The number of aliphatic carboxylic acids is 1. The standard InChI is InChI=1S/C6H5.C2H4O2.Hg.H2N/c1-2-4-6-5-3-1;1-2(3)4;;/h1-5H;1H3,(H,3,4);;1H2/q;;+2;-1/p-1. The first-order chi connectivity index (χ1) is 4.73. The van der Waals surface area contributed by atoms with Crippen LogP contribution in [0.2, 0.25) is 0 Å². The van der Waals surface area contributed by atoms with Crippen molar-refractivity contribution in [3.8, 4) is 0 Å². The van der Waals surface area contributed by atoms with Gasteiger partial charge < -0.3 is 16.1 Å². The average Bonchev–Trinajstić information content (AvgIpc) is 1.90. The van der Waals surface area contributed by atoms with E-state index in [1.807, 2.05) is 30.3 Å². The van der Waals surface area contributed by atoms with Crippen molar-refractivity contribution in [2.24, 2.45) is 0 Å². The summed E-state index contributed by atoms with van der Waals surface area (Å²) in [6, 6.07) is 12.5. The molecule has 0 fully saturated rings. The van der Waals surface area contributed by atoms with Gasteiger partial charge >= 0.3 is 27.7 Å². The molecule has 0 amide bonds. The molecule has 0 atom stereocenters. The molecule has 0 aliphatic carbocycles. The largest absolute Gasteiger partial charge is 2.00 e. The molecule has 0 saturated heterocycles. The van der Waals surface area contributed by atoms with Gasteiger partial charge in [0.2, 0.25) is 0 Å². The number of rotatable bonds is 0. The van der Waals surface area contributed by atoms with Crippen molar-refractivity contribution in [3.63, 3.8) is 0 Å². The Morgan fingerprint density at radius 2 is 1.58 bits per heavy atom. The van der Waals surface area contributed by atoms with E-state index in [0.717, 1.165) is 6.92 Å². The Morgan fingerprint density at radius 3 is 1.67 bits per heavy atom. The van der Waals surface area contributed by atoms with Gasteiger partial charge in [0, 0.05) is 5.97 Å². The van der Waals surface area contributed by atoms with Crippen molar-refractivity contribution in [1.29, 1.82) is 0 Å². The van der Waals surface area contributed by atoms with Gasteiger partial charge in [0.1, 0.15) is 0 Å². The fourth-order valence-corrected chi connectivity index (χ4v) is 0.342. The molecule has 0 aliphatic heterocycles. The minimum Gasteiger partial charge on any atom is -0.693 e. The van der Waals surface area contributed by atoms with E-state index in [4.69, 9.17) is 9.90 Å². The third-order valence-corrected chi connectivity index (χ3v) is 0.607. The summed E-state index contributed by atoms with van der Waals surface area (Å²) < 4.78 is 0. The van der Waals surface area contributed by atoms with Crippen LogP contribution in [0.15, 0.2) is 30.3 Å². The molecule has 0 aromatic heterocycles. The van der Waals surface area contributed by atoms with Crippen LogP contribution in [-0.4, -0.2) is 5.97 Å². The average molecular weight is 353 g/mol. The Kier molecular flexibility index (Phi) is 19.4. The van der Waals surface area contributed by atoms with E-state index in [9.17, 15) is 0 Å². The molecule has 0 heterocycles. The summed E-state index contributed by atoms with van der Waals surface area (Å²) in [5.41, 5.74) is 0. The van der Waals surface area contributed by atoms with Gasteiger partial charge in [0.25, 0.3) is 0 Å². The Balaban J connectivity index is -0.000000124. The molecule has 0 saturated carbocycles. The molecule has 61 valence electrons. The van der Waals surface area contributed by atoms with E-state index in [1.54, 1.807) is 0 Å². The number of carboxylic acids is 1. The van der Waals surface area contributed by atoms with Gasteiger partial charge in [0.15, 0.2) is 0 Å². The minimum atomic E-state index is -1.08. The van der Waals surface area contributed by atoms with Crippen LogP contribution in [0.25, 0.3) is 6.15 Å². The number of carboxylic acid groups (broad SMARTS) is 1. The van der Waals surface area contributed by atoms with E-state index in [1.165, 1.54) is 0 Å². The summed E-state index contributed by atoms with van der Waals surface area (Å²) in [5.74, 6) is -1.08. The molecule has 1 rings (SSSR count). The fourth-order valence-electron chi connectivity index (χ4n) is 0.342. The van der Waals surface area contributed by atoms with Gasteiger partial charge in [-0.1, -0.05) is 30.3 Å². The van der Waals surface area contributed by atoms with Crippen molar-refractivity contribution >= 4 is 5.97 Å². The minimum absolute atomic E-state index is 0. The van der Waals surface area contributed by atoms with Crippen LogP contribution >= 0.6 is 0 Å². The zero-order valence-electron chi connectivity index (χ0n) is 6.99. The van der Waals surface area contributed by atoms with Crippen LogP contribution < -0.4 is 5.11 Å². The predicted molar refractivity (Wildman–Crippen MR) is 41.2 cm³/mol. The number of benzene rings is 1. The first-order valence-electron chi connectivity index (χ1n) is 2.82. The van der Waals surface area contributed by atoms with Crippen LogP contribution in [0.5, 0.6) is 0 Å². The van der Waals surface area contributed by atoms with E-state index in [-0.39, 0.29) is 33.8 Å². The molecule has 3 nitrogen and oxygen atoms in total. The van der Waals surface area contributed by atoms with Crippen LogP contribution in [0.3, 0.4) is 0 Å². The molecule has 0 bridgehead atoms. The van der Waals surface area contributed by atoms with Gasteiger partial charge in [-0.25, -0.2) is 0 Å². The second-order valence-corrected chi connectivity index (χ2v) is 1.57. The van der Waals surface area contributed by atoms with Gasteiger partial charge in [-0.3, -0.25) is 0 Å². The maximum atomic E-state index is 8.89. The van der Waals surface area contributed by atoms with Gasteiger partial charge in [-0.2, -0.15) is 0 Å². The van der Waals surface area contributed by atoms with Gasteiger partial charge in [0.05, 0.1) is 0 Å². The Bertz CT molecular complexity index is 149. The quantitative estimate of drug-likeness (QED) is 0.652. The smallest absolute Gasteiger partial charge is 0.693 e. The summed E-state index contributed by atoms with van der Waals surface area (Å²) in [5, 5.41) is 8.89. The van der Waals surface area contributed by atoms with E-state index in [0.29, 0.717) is 0 Å². The first kappa shape index (κ1) is 17.6. The SMILES string of the molecule is CC(=O)[O-].[Hg+2].[NH2-].[c]1ccccc1. The van der Waals surface area contributed by atoms with E-state index in [2.05, 4.69) is 6.07 Å². The molecule has 1 aromatic carbocycles. The summed E-state index contributed by atoms with van der Waals surface area (Å²) in [7, 11) is 0. The second-order valence-electron chi connectivity index (χ2n) is 1.57. The fraction of sp³-hybridized carbons (Fsp3) is 0.125. The molecule has 0 aliphatic rings. The number of hydrogen-bond acceptors (Lipinski definition) is 2. The van der Waals surface area contributed by atoms with Gasteiger partial charge in [-0.15, -0.1) is 0 Å². The molecule has 12 heavy (non-hydrogen) atoms.